The second-order valence-electron chi connectivity index (χ2n) is 5.95. The Kier molecular flexibility index (Phi) is 3.03. The Bertz CT molecular complexity index is 554. The molecule has 2 heterocycles. The third-order valence-corrected chi connectivity index (χ3v) is 4.90. The lowest BCUT2D eigenvalue weighted by molar-refractivity contribution is -0.149. The standard InChI is InChI=1S/C14H19N3O3/c1-16-11(4-6-15-16)7-12(18)17-8-10-3-2-5-14(10,9-17)13(19)20/h4,6,10H,2-3,5,7-9H2,1H3,(H,19,20)/t10-,14+/m0/s1. The Labute approximate surface area is 117 Å². The SMILES string of the molecule is Cn1nccc1CC(=O)N1C[C@@H]2CCC[C@@]2(C(=O)O)C1. The first-order valence-corrected chi connectivity index (χ1v) is 7.01. The van der Waals surface area contributed by atoms with Crippen LogP contribution in [0.1, 0.15) is 25.0 Å². The van der Waals surface area contributed by atoms with E-state index in [0.29, 0.717) is 25.9 Å². The molecule has 1 aromatic rings. The predicted octanol–water partition coefficient (Wildman–Crippen LogP) is 0.676. The van der Waals surface area contributed by atoms with Crippen LogP contribution in [-0.2, 0) is 23.1 Å². The normalized spacial score (nSPS) is 28.6. The highest BCUT2D eigenvalue weighted by Crippen LogP contribution is 2.48. The van der Waals surface area contributed by atoms with Gasteiger partial charge >= 0.3 is 5.97 Å². The van der Waals surface area contributed by atoms with Crippen molar-refractivity contribution in [1.82, 2.24) is 14.7 Å². The first-order chi connectivity index (χ1) is 9.53. The molecule has 0 spiro atoms. The van der Waals surface area contributed by atoms with Gasteiger partial charge in [0.05, 0.1) is 11.8 Å². The van der Waals surface area contributed by atoms with E-state index in [1.807, 2.05) is 6.07 Å². The fourth-order valence-electron chi connectivity index (χ4n) is 3.67. The molecule has 3 rings (SSSR count). The first kappa shape index (κ1) is 13.1. The van der Waals surface area contributed by atoms with Gasteiger partial charge in [-0.3, -0.25) is 14.3 Å². The summed E-state index contributed by atoms with van der Waals surface area (Å²) in [6, 6.07) is 1.82. The van der Waals surface area contributed by atoms with Crippen LogP contribution in [-0.4, -0.2) is 44.8 Å². The lowest BCUT2D eigenvalue weighted by Crippen LogP contribution is -2.37. The van der Waals surface area contributed by atoms with Crippen molar-refractivity contribution in [3.8, 4) is 0 Å². The van der Waals surface area contributed by atoms with Crippen LogP contribution in [0, 0.1) is 11.3 Å². The molecule has 1 saturated carbocycles. The van der Waals surface area contributed by atoms with Crippen molar-refractivity contribution in [3.63, 3.8) is 0 Å². The number of aryl methyl sites for hydroxylation is 1. The summed E-state index contributed by atoms with van der Waals surface area (Å²) < 4.78 is 1.68. The number of carboxylic acids is 1. The first-order valence-electron chi connectivity index (χ1n) is 7.01. The van der Waals surface area contributed by atoms with Crippen LogP contribution in [0.4, 0.5) is 0 Å². The van der Waals surface area contributed by atoms with Gasteiger partial charge in [0.1, 0.15) is 0 Å². The predicted molar refractivity (Wildman–Crippen MR) is 70.9 cm³/mol. The summed E-state index contributed by atoms with van der Waals surface area (Å²) in [4.78, 5) is 25.7. The number of hydrogen-bond acceptors (Lipinski definition) is 3. The van der Waals surface area contributed by atoms with Gasteiger partial charge < -0.3 is 10.0 Å². The van der Waals surface area contributed by atoms with Crippen LogP contribution in [0.3, 0.4) is 0 Å². The number of likely N-dealkylation sites (tertiary alicyclic amines) is 1. The van der Waals surface area contributed by atoms with E-state index in [4.69, 9.17) is 0 Å². The Morgan fingerprint density at radius 2 is 2.35 bits per heavy atom. The summed E-state index contributed by atoms with van der Waals surface area (Å²) in [5, 5.41) is 13.6. The van der Waals surface area contributed by atoms with Crippen molar-refractivity contribution >= 4 is 11.9 Å². The Balaban J connectivity index is 1.72. The molecule has 1 saturated heterocycles. The van der Waals surface area contributed by atoms with Gasteiger partial charge in [0.15, 0.2) is 0 Å². The Morgan fingerprint density at radius 1 is 1.55 bits per heavy atom. The van der Waals surface area contributed by atoms with Gasteiger partial charge in [0.2, 0.25) is 5.91 Å². The van der Waals surface area contributed by atoms with E-state index in [-0.39, 0.29) is 11.8 Å². The zero-order valence-electron chi connectivity index (χ0n) is 11.6. The molecule has 0 aromatic carbocycles. The lowest BCUT2D eigenvalue weighted by atomic mass is 9.81. The monoisotopic (exact) mass is 277 g/mol. The average molecular weight is 277 g/mol. The zero-order chi connectivity index (χ0) is 14.3. The Hall–Kier alpha value is -1.85. The summed E-state index contributed by atoms with van der Waals surface area (Å²) in [5.41, 5.74) is 0.165. The molecule has 2 atom stereocenters. The number of aliphatic carboxylic acids is 1. The van der Waals surface area contributed by atoms with Crippen molar-refractivity contribution in [3.05, 3.63) is 18.0 Å². The minimum absolute atomic E-state index is 0.00336. The van der Waals surface area contributed by atoms with Crippen molar-refractivity contribution in [2.75, 3.05) is 13.1 Å². The molecule has 1 aliphatic carbocycles. The molecule has 0 bridgehead atoms. The molecule has 20 heavy (non-hydrogen) atoms. The molecular formula is C14H19N3O3. The number of carbonyl (C=O) groups excluding carboxylic acids is 1. The largest absolute Gasteiger partial charge is 0.481 e. The quantitative estimate of drug-likeness (QED) is 0.881. The average Bonchev–Trinajstić information content (AvgIpc) is 3.03. The summed E-state index contributed by atoms with van der Waals surface area (Å²) in [5.74, 6) is -0.616. The number of hydrogen-bond donors (Lipinski definition) is 1. The highest BCUT2D eigenvalue weighted by Gasteiger charge is 2.55. The molecule has 1 aromatic heterocycles. The van der Waals surface area contributed by atoms with Crippen molar-refractivity contribution in [2.45, 2.75) is 25.7 Å². The number of aromatic nitrogens is 2. The number of rotatable bonds is 3. The fourth-order valence-corrected chi connectivity index (χ4v) is 3.67. The second kappa shape index (κ2) is 4.61. The third kappa shape index (κ3) is 1.90. The molecule has 0 unspecified atom stereocenters. The van der Waals surface area contributed by atoms with E-state index in [1.54, 1.807) is 22.8 Å². The zero-order valence-corrected chi connectivity index (χ0v) is 11.6. The van der Waals surface area contributed by atoms with Crippen LogP contribution in [0.25, 0.3) is 0 Å². The molecule has 6 heteroatoms. The van der Waals surface area contributed by atoms with Crippen molar-refractivity contribution < 1.29 is 14.7 Å². The highest BCUT2D eigenvalue weighted by atomic mass is 16.4. The van der Waals surface area contributed by atoms with Gasteiger partial charge in [-0.2, -0.15) is 5.10 Å². The third-order valence-electron chi connectivity index (χ3n) is 4.90. The van der Waals surface area contributed by atoms with Gasteiger partial charge in [-0.1, -0.05) is 6.42 Å². The summed E-state index contributed by atoms with van der Waals surface area (Å²) in [7, 11) is 1.81. The van der Waals surface area contributed by atoms with E-state index in [0.717, 1.165) is 18.5 Å². The number of carbonyl (C=O) groups is 2. The van der Waals surface area contributed by atoms with E-state index < -0.39 is 11.4 Å². The van der Waals surface area contributed by atoms with Crippen molar-refractivity contribution in [2.24, 2.45) is 18.4 Å². The summed E-state index contributed by atoms with van der Waals surface area (Å²) in [6.45, 7) is 0.951. The van der Waals surface area contributed by atoms with Crippen LogP contribution in [0.15, 0.2) is 12.3 Å². The molecule has 0 radical (unpaired) electrons. The van der Waals surface area contributed by atoms with Gasteiger partial charge in [-0.25, -0.2) is 0 Å². The molecule has 6 nitrogen and oxygen atoms in total. The summed E-state index contributed by atoms with van der Waals surface area (Å²) in [6.07, 6.45) is 4.53. The van der Waals surface area contributed by atoms with Crippen LogP contribution < -0.4 is 0 Å². The molecular weight excluding hydrogens is 258 g/mol. The molecule has 2 aliphatic rings. The second-order valence-corrected chi connectivity index (χ2v) is 5.95. The van der Waals surface area contributed by atoms with Gasteiger partial charge in [0, 0.05) is 32.0 Å². The molecule has 2 fully saturated rings. The van der Waals surface area contributed by atoms with E-state index in [9.17, 15) is 14.7 Å². The van der Waals surface area contributed by atoms with E-state index in [2.05, 4.69) is 5.10 Å². The van der Waals surface area contributed by atoms with Crippen molar-refractivity contribution in [1.29, 1.82) is 0 Å². The minimum Gasteiger partial charge on any atom is -0.481 e. The lowest BCUT2D eigenvalue weighted by Gasteiger charge is -2.23. The van der Waals surface area contributed by atoms with Crippen LogP contribution in [0.5, 0.6) is 0 Å². The maximum Gasteiger partial charge on any atom is 0.311 e. The van der Waals surface area contributed by atoms with E-state index in [1.165, 1.54) is 0 Å². The topological polar surface area (TPSA) is 75.4 Å². The molecule has 1 amide bonds. The number of carboxylic acid groups (broad SMARTS) is 1. The number of amides is 1. The van der Waals surface area contributed by atoms with Gasteiger partial charge in [0.25, 0.3) is 0 Å². The van der Waals surface area contributed by atoms with Gasteiger partial charge in [-0.05, 0) is 24.8 Å². The fraction of sp³-hybridized carbons (Fsp3) is 0.643. The maximum absolute atomic E-state index is 12.4. The van der Waals surface area contributed by atoms with Crippen LogP contribution in [0.2, 0.25) is 0 Å². The Morgan fingerprint density at radius 3 is 2.95 bits per heavy atom. The van der Waals surface area contributed by atoms with Gasteiger partial charge in [-0.15, -0.1) is 0 Å². The van der Waals surface area contributed by atoms with Crippen LogP contribution >= 0.6 is 0 Å². The van der Waals surface area contributed by atoms with E-state index >= 15 is 0 Å². The molecule has 1 N–H and O–H groups in total. The molecule has 108 valence electrons. The smallest absolute Gasteiger partial charge is 0.311 e. The summed E-state index contributed by atoms with van der Waals surface area (Å²) >= 11 is 0. The maximum atomic E-state index is 12.4. The number of fused-ring (bicyclic) bond motifs is 1. The highest BCUT2D eigenvalue weighted by molar-refractivity contribution is 5.82. The molecule has 1 aliphatic heterocycles. The number of nitrogens with zero attached hydrogens (tertiary/aromatic N) is 3. The minimum atomic E-state index is -0.740.